The summed E-state index contributed by atoms with van der Waals surface area (Å²) in [4.78, 5) is 12.9. The number of aromatic amines is 1. The lowest BCUT2D eigenvalue weighted by Crippen LogP contribution is -2.29. The summed E-state index contributed by atoms with van der Waals surface area (Å²) in [7, 11) is -3.62. The van der Waals surface area contributed by atoms with Crippen LogP contribution in [0, 0.1) is 0 Å². The quantitative estimate of drug-likeness (QED) is 0.521. The average Bonchev–Trinajstić information content (AvgIpc) is 2.70. The van der Waals surface area contributed by atoms with Gasteiger partial charge in [-0.3, -0.25) is 0 Å². The van der Waals surface area contributed by atoms with Crippen molar-refractivity contribution in [1.82, 2.24) is 9.71 Å². The molecule has 0 aromatic carbocycles. The second-order valence-corrected chi connectivity index (χ2v) is 4.85. The van der Waals surface area contributed by atoms with Gasteiger partial charge in [-0.05, 0) is 12.5 Å². The number of carboxylic acids is 1. The van der Waals surface area contributed by atoms with Gasteiger partial charge < -0.3 is 15.2 Å². The molecule has 7 nitrogen and oxygen atoms in total. The molecule has 0 aliphatic heterocycles. The summed E-state index contributed by atoms with van der Waals surface area (Å²) in [6.07, 6.45) is 1.02. The molecule has 0 aliphatic carbocycles. The minimum absolute atomic E-state index is 0.0670. The SMILES string of the molecule is O=C(O)C(O)CCNS(=O)(=O)c1cc[nH]c1. The lowest BCUT2D eigenvalue weighted by molar-refractivity contribution is -0.146. The summed E-state index contributed by atoms with van der Waals surface area (Å²) in [5.74, 6) is -1.37. The van der Waals surface area contributed by atoms with E-state index in [-0.39, 0.29) is 17.9 Å². The van der Waals surface area contributed by atoms with Crippen molar-refractivity contribution in [1.29, 1.82) is 0 Å². The zero-order valence-electron chi connectivity index (χ0n) is 8.25. The van der Waals surface area contributed by atoms with Crippen molar-refractivity contribution in [3.63, 3.8) is 0 Å². The van der Waals surface area contributed by atoms with Crippen LogP contribution in [0.3, 0.4) is 0 Å². The average molecular weight is 248 g/mol. The molecule has 0 fully saturated rings. The lowest BCUT2D eigenvalue weighted by atomic mass is 10.3. The Morgan fingerprint density at radius 3 is 2.75 bits per heavy atom. The Balaban J connectivity index is 2.47. The topological polar surface area (TPSA) is 119 Å². The van der Waals surface area contributed by atoms with Crippen LogP contribution in [0.2, 0.25) is 0 Å². The van der Waals surface area contributed by atoms with Gasteiger partial charge in [0.2, 0.25) is 10.0 Å². The van der Waals surface area contributed by atoms with Gasteiger partial charge in [0, 0.05) is 18.9 Å². The fourth-order valence-electron chi connectivity index (χ4n) is 1.01. The molecule has 90 valence electrons. The summed E-state index contributed by atoms with van der Waals surface area (Å²) in [6, 6.07) is 1.37. The zero-order valence-corrected chi connectivity index (χ0v) is 9.07. The van der Waals surface area contributed by atoms with Crippen LogP contribution >= 0.6 is 0 Å². The van der Waals surface area contributed by atoms with Crippen LogP contribution in [0.25, 0.3) is 0 Å². The summed E-state index contributed by atoms with van der Waals surface area (Å²) in [5, 5.41) is 17.3. The number of hydrogen-bond acceptors (Lipinski definition) is 4. The molecule has 8 heteroatoms. The van der Waals surface area contributed by atoms with Crippen molar-refractivity contribution in [2.24, 2.45) is 0 Å². The number of nitrogens with one attached hydrogen (secondary N) is 2. The van der Waals surface area contributed by atoms with Crippen molar-refractivity contribution in [2.45, 2.75) is 17.4 Å². The van der Waals surface area contributed by atoms with Crippen LogP contribution in [0.5, 0.6) is 0 Å². The molecular formula is C8H12N2O5S. The number of carboxylic acid groups (broad SMARTS) is 1. The molecule has 0 saturated carbocycles. The summed E-state index contributed by atoms with van der Waals surface area (Å²) >= 11 is 0. The van der Waals surface area contributed by atoms with E-state index in [1.165, 1.54) is 18.5 Å². The van der Waals surface area contributed by atoms with E-state index in [2.05, 4.69) is 9.71 Å². The summed E-state index contributed by atoms with van der Waals surface area (Å²) in [6.45, 7) is -0.138. The van der Waals surface area contributed by atoms with Gasteiger partial charge in [0.05, 0.1) is 4.90 Å². The van der Waals surface area contributed by atoms with Crippen molar-refractivity contribution >= 4 is 16.0 Å². The van der Waals surface area contributed by atoms with E-state index in [9.17, 15) is 13.2 Å². The molecule has 1 unspecified atom stereocenters. The molecule has 0 saturated heterocycles. The Kier molecular flexibility index (Phi) is 4.05. The van der Waals surface area contributed by atoms with Crippen LogP contribution in [-0.2, 0) is 14.8 Å². The molecule has 0 bridgehead atoms. The van der Waals surface area contributed by atoms with E-state index in [0.717, 1.165) is 0 Å². The van der Waals surface area contributed by atoms with Gasteiger partial charge in [-0.25, -0.2) is 17.9 Å². The highest BCUT2D eigenvalue weighted by molar-refractivity contribution is 7.89. The van der Waals surface area contributed by atoms with E-state index in [1.54, 1.807) is 0 Å². The number of carbonyl (C=O) groups is 1. The first-order valence-electron chi connectivity index (χ1n) is 4.47. The number of aliphatic hydroxyl groups excluding tert-OH is 1. The van der Waals surface area contributed by atoms with Gasteiger partial charge in [0.15, 0.2) is 6.10 Å². The minimum atomic E-state index is -3.62. The third-order valence-electron chi connectivity index (χ3n) is 1.87. The number of aromatic nitrogens is 1. The number of aliphatic carboxylic acids is 1. The fraction of sp³-hybridized carbons (Fsp3) is 0.375. The van der Waals surface area contributed by atoms with Crippen LogP contribution < -0.4 is 4.72 Å². The van der Waals surface area contributed by atoms with Crippen LogP contribution in [0.15, 0.2) is 23.4 Å². The van der Waals surface area contributed by atoms with Gasteiger partial charge in [0.25, 0.3) is 0 Å². The highest BCUT2D eigenvalue weighted by Gasteiger charge is 2.17. The predicted octanol–water partition coefficient (Wildman–Crippen LogP) is -0.871. The van der Waals surface area contributed by atoms with Gasteiger partial charge in [-0.15, -0.1) is 0 Å². The van der Waals surface area contributed by atoms with Crippen LogP contribution in [0.4, 0.5) is 0 Å². The largest absolute Gasteiger partial charge is 0.479 e. The first kappa shape index (κ1) is 12.7. The maximum atomic E-state index is 11.5. The highest BCUT2D eigenvalue weighted by atomic mass is 32.2. The predicted molar refractivity (Wildman–Crippen MR) is 54.2 cm³/mol. The molecule has 0 spiro atoms. The molecule has 1 aromatic heterocycles. The number of sulfonamides is 1. The number of aliphatic hydroxyl groups is 1. The molecule has 1 atom stereocenters. The fourth-order valence-corrected chi connectivity index (χ4v) is 2.04. The van der Waals surface area contributed by atoms with E-state index < -0.39 is 22.1 Å². The number of rotatable bonds is 6. The number of H-pyrrole nitrogens is 1. The van der Waals surface area contributed by atoms with Crippen molar-refractivity contribution in [3.8, 4) is 0 Å². The molecule has 4 N–H and O–H groups in total. The molecule has 0 amide bonds. The Labute approximate surface area is 92.2 Å². The zero-order chi connectivity index (χ0) is 12.2. The number of hydrogen-bond donors (Lipinski definition) is 4. The van der Waals surface area contributed by atoms with E-state index in [4.69, 9.17) is 10.2 Å². The molecular weight excluding hydrogens is 236 g/mol. The van der Waals surface area contributed by atoms with Crippen molar-refractivity contribution in [2.75, 3.05) is 6.54 Å². The minimum Gasteiger partial charge on any atom is -0.479 e. The Hall–Kier alpha value is -1.38. The van der Waals surface area contributed by atoms with E-state index in [1.807, 2.05) is 0 Å². The van der Waals surface area contributed by atoms with E-state index in [0.29, 0.717) is 0 Å². The Morgan fingerprint density at radius 2 is 2.25 bits per heavy atom. The maximum absolute atomic E-state index is 11.5. The molecule has 0 aliphatic rings. The van der Waals surface area contributed by atoms with Crippen LogP contribution in [0.1, 0.15) is 6.42 Å². The van der Waals surface area contributed by atoms with E-state index >= 15 is 0 Å². The first-order chi connectivity index (χ1) is 7.43. The monoisotopic (exact) mass is 248 g/mol. The van der Waals surface area contributed by atoms with Gasteiger partial charge in [-0.1, -0.05) is 0 Å². The summed E-state index contributed by atoms with van der Waals surface area (Å²) in [5.41, 5.74) is 0. The Bertz CT molecular complexity index is 439. The normalized spacial score (nSPS) is 13.6. The summed E-state index contributed by atoms with van der Waals surface area (Å²) < 4.78 is 25.1. The maximum Gasteiger partial charge on any atom is 0.332 e. The van der Waals surface area contributed by atoms with Gasteiger partial charge >= 0.3 is 5.97 Å². The third-order valence-corrected chi connectivity index (χ3v) is 3.33. The smallest absolute Gasteiger partial charge is 0.332 e. The molecule has 16 heavy (non-hydrogen) atoms. The Morgan fingerprint density at radius 1 is 1.56 bits per heavy atom. The molecule has 1 rings (SSSR count). The van der Waals surface area contributed by atoms with Gasteiger partial charge in [0.1, 0.15) is 0 Å². The molecule has 1 aromatic rings. The van der Waals surface area contributed by atoms with Crippen LogP contribution in [-0.4, -0.2) is 42.2 Å². The first-order valence-corrected chi connectivity index (χ1v) is 5.95. The van der Waals surface area contributed by atoms with Crippen molar-refractivity contribution in [3.05, 3.63) is 18.5 Å². The lowest BCUT2D eigenvalue weighted by Gasteiger charge is -2.06. The van der Waals surface area contributed by atoms with Crippen molar-refractivity contribution < 1.29 is 23.4 Å². The second-order valence-electron chi connectivity index (χ2n) is 3.09. The second kappa shape index (κ2) is 5.10. The molecule has 0 radical (unpaired) electrons. The van der Waals surface area contributed by atoms with Gasteiger partial charge in [-0.2, -0.15) is 0 Å². The standard InChI is InChI=1S/C8H12N2O5S/c11-7(8(12)13)2-4-10-16(14,15)6-1-3-9-5-6/h1,3,5,7,9-11H,2,4H2,(H,12,13). The highest BCUT2D eigenvalue weighted by Crippen LogP contribution is 2.05. The molecule has 1 heterocycles. The third kappa shape index (κ3) is 3.33.